The molecule has 0 radical (unpaired) electrons. The van der Waals surface area contributed by atoms with Crippen molar-refractivity contribution >= 4 is 35.2 Å². The molecular weight excluding hydrogens is 308 g/mol. The summed E-state index contributed by atoms with van der Waals surface area (Å²) in [7, 11) is 0. The van der Waals surface area contributed by atoms with Crippen LogP contribution in [-0.4, -0.2) is 33.2 Å². The van der Waals surface area contributed by atoms with E-state index in [4.69, 9.17) is 15.9 Å². The van der Waals surface area contributed by atoms with E-state index in [1.807, 2.05) is 37.4 Å². The van der Waals surface area contributed by atoms with Gasteiger partial charge in [0.05, 0.1) is 0 Å². The first-order chi connectivity index (χ1) is 9.95. The standard InChI is InChI=1S/C11H12N2O2.C4H8O2.ClH/c12-9(11(14)15)5-7-6-13-10-4-2-1-3-8(7)10;1-2-3-4(5)6;/h1-4,6,9,13H,5,12H2,(H,14,15);2-3H2,1H3,(H,5,6);1H. The third-order valence-electron chi connectivity index (χ3n) is 2.90. The third kappa shape index (κ3) is 6.15. The highest BCUT2D eigenvalue weighted by molar-refractivity contribution is 5.85. The van der Waals surface area contributed by atoms with E-state index in [2.05, 4.69) is 4.98 Å². The van der Waals surface area contributed by atoms with E-state index in [9.17, 15) is 9.59 Å². The van der Waals surface area contributed by atoms with Crippen LogP contribution in [0.4, 0.5) is 0 Å². The lowest BCUT2D eigenvalue weighted by Gasteiger charge is -2.04. The van der Waals surface area contributed by atoms with E-state index < -0.39 is 18.0 Å². The number of hydrogen-bond acceptors (Lipinski definition) is 3. The predicted octanol–water partition coefficient (Wildman–Crippen LogP) is 2.42. The van der Waals surface area contributed by atoms with E-state index >= 15 is 0 Å². The molecule has 1 aromatic carbocycles. The Morgan fingerprint density at radius 2 is 1.91 bits per heavy atom. The molecule has 0 spiro atoms. The fraction of sp³-hybridized carbons (Fsp3) is 0.333. The molecule has 2 aromatic rings. The highest BCUT2D eigenvalue weighted by atomic mass is 35.5. The molecule has 1 heterocycles. The smallest absolute Gasteiger partial charge is 0.320 e. The summed E-state index contributed by atoms with van der Waals surface area (Å²) in [6.45, 7) is 1.84. The first kappa shape index (κ1) is 19.9. The molecule has 0 amide bonds. The van der Waals surface area contributed by atoms with Crippen LogP contribution in [-0.2, 0) is 16.0 Å². The number of carboxylic acids is 2. The zero-order valence-electron chi connectivity index (χ0n) is 12.3. The Balaban J connectivity index is 0.000000546. The minimum Gasteiger partial charge on any atom is -0.481 e. The first-order valence-corrected chi connectivity index (χ1v) is 6.70. The summed E-state index contributed by atoms with van der Waals surface area (Å²) in [5.41, 5.74) is 7.43. The number of carboxylic acid groups (broad SMARTS) is 2. The van der Waals surface area contributed by atoms with Crippen molar-refractivity contribution in [2.24, 2.45) is 5.73 Å². The maximum absolute atomic E-state index is 10.6. The Morgan fingerprint density at radius 3 is 2.41 bits per heavy atom. The van der Waals surface area contributed by atoms with Gasteiger partial charge in [-0.25, -0.2) is 0 Å². The highest BCUT2D eigenvalue weighted by Crippen LogP contribution is 2.18. The number of carbonyl (C=O) groups is 2. The fourth-order valence-corrected chi connectivity index (χ4v) is 1.84. The first-order valence-electron chi connectivity index (χ1n) is 6.70. The molecule has 0 aliphatic carbocycles. The molecule has 0 saturated heterocycles. The van der Waals surface area contributed by atoms with Gasteiger partial charge in [0.1, 0.15) is 6.04 Å². The summed E-state index contributed by atoms with van der Waals surface area (Å²) in [6, 6.07) is 6.91. The molecule has 0 saturated carbocycles. The van der Waals surface area contributed by atoms with E-state index in [1.54, 1.807) is 0 Å². The zero-order valence-corrected chi connectivity index (χ0v) is 13.1. The fourth-order valence-electron chi connectivity index (χ4n) is 1.84. The maximum atomic E-state index is 10.6. The Hall–Kier alpha value is -2.05. The number of hydrogen-bond donors (Lipinski definition) is 4. The van der Waals surface area contributed by atoms with Gasteiger partial charge in [-0.1, -0.05) is 25.1 Å². The van der Waals surface area contributed by atoms with Crippen molar-refractivity contribution < 1.29 is 19.8 Å². The van der Waals surface area contributed by atoms with Crippen LogP contribution in [0.15, 0.2) is 30.5 Å². The molecule has 6 nitrogen and oxygen atoms in total. The number of aromatic amines is 1. The normalized spacial score (nSPS) is 11.0. The van der Waals surface area contributed by atoms with Crippen molar-refractivity contribution in [1.29, 1.82) is 0 Å². The van der Waals surface area contributed by atoms with Gasteiger partial charge < -0.3 is 20.9 Å². The van der Waals surface area contributed by atoms with Crippen LogP contribution < -0.4 is 5.73 Å². The van der Waals surface area contributed by atoms with Gasteiger partial charge in [-0.3, -0.25) is 9.59 Å². The average Bonchev–Trinajstić information content (AvgIpc) is 2.83. The lowest BCUT2D eigenvalue weighted by Crippen LogP contribution is -2.32. The summed E-state index contributed by atoms with van der Waals surface area (Å²) in [5, 5.41) is 17.7. The van der Waals surface area contributed by atoms with Gasteiger partial charge in [0.15, 0.2) is 0 Å². The Labute approximate surface area is 134 Å². The number of nitrogens with one attached hydrogen (secondary N) is 1. The van der Waals surface area contributed by atoms with Gasteiger partial charge in [-0.05, 0) is 18.1 Å². The quantitative estimate of drug-likeness (QED) is 0.672. The number of rotatable bonds is 5. The largest absolute Gasteiger partial charge is 0.481 e. The molecule has 0 aliphatic rings. The lowest BCUT2D eigenvalue weighted by atomic mass is 10.1. The van der Waals surface area contributed by atoms with Crippen LogP contribution in [0.2, 0.25) is 0 Å². The molecule has 0 fully saturated rings. The monoisotopic (exact) mass is 328 g/mol. The molecule has 1 aromatic heterocycles. The molecule has 22 heavy (non-hydrogen) atoms. The van der Waals surface area contributed by atoms with Crippen molar-refractivity contribution in [3.8, 4) is 0 Å². The number of H-pyrrole nitrogens is 1. The topological polar surface area (TPSA) is 116 Å². The lowest BCUT2D eigenvalue weighted by molar-refractivity contribution is -0.139. The number of halogens is 1. The number of para-hydroxylation sites is 1. The summed E-state index contributed by atoms with van der Waals surface area (Å²) in [4.78, 5) is 23.3. The summed E-state index contributed by atoms with van der Waals surface area (Å²) < 4.78 is 0. The summed E-state index contributed by atoms with van der Waals surface area (Å²) >= 11 is 0. The van der Waals surface area contributed by atoms with Crippen molar-refractivity contribution in [3.05, 3.63) is 36.0 Å². The minimum atomic E-state index is -0.972. The second kappa shape index (κ2) is 9.81. The molecule has 122 valence electrons. The Kier molecular flexibility index (Phi) is 8.89. The minimum absolute atomic E-state index is 0. The van der Waals surface area contributed by atoms with Crippen LogP contribution >= 0.6 is 12.4 Å². The molecule has 2 rings (SSSR count). The van der Waals surface area contributed by atoms with Gasteiger partial charge in [-0.2, -0.15) is 0 Å². The molecular formula is C15H21ClN2O4. The van der Waals surface area contributed by atoms with Crippen LogP contribution in [0.25, 0.3) is 10.9 Å². The van der Waals surface area contributed by atoms with Gasteiger partial charge in [-0.15, -0.1) is 12.4 Å². The van der Waals surface area contributed by atoms with E-state index in [0.717, 1.165) is 22.9 Å². The van der Waals surface area contributed by atoms with Crippen molar-refractivity contribution in [1.82, 2.24) is 4.98 Å². The Morgan fingerprint density at radius 1 is 1.27 bits per heavy atom. The van der Waals surface area contributed by atoms with Crippen LogP contribution in [0.3, 0.4) is 0 Å². The highest BCUT2D eigenvalue weighted by Gasteiger charge is 2.14. The molecule has 1 unspecified atom stereocenters. The molecule has 5 N–H and O–H groups in total. The second-order valence-electron chi connectivity index (χ2n) is 4.65. The zero-order chi connectivity index (χ0) is 15.8. The van der Waals surface area contributed by atoms with Gasteiger partial charge in [0.25, 0.3) is 0 Å². The van der Waals surface area contributed by atoms with Crippen LogP contribution in [0, 0.1) is 0 Å². The van der Waals surface area contributed by atoms with Crippen LogP contribution in [0.5, 0.6) is 0 Å². The van der Waals surface area contributed by atoms with E-state index in [1.165, 1.54) is 0 Å². The van der Waals surface area contributed by atoms with Crippen molar-refractivity contribution in [2.75, 3.05) is 0 Å². The third-order valence-corrected chi connectivity index (χ3v) is 2.90. The summed E-state index contributed by atoms with van der Waals surface area (Å²) in [6.07, 6.45) is 3.18. The average molecular weight is 329 g/mol. The number of aromatic nitrogens is 1. The van der Waals surface area contributed by atoms with Gasteiger partial charge in [0.2, 0.25) is 0 Å². The number of fused-ring (bicyclic) bond motifs is 1. The summed E-state index contributed by atoms with van der Waals surface area (Å²) in [5.74, 6) is -1.68. The molecule has 0 aliphatic heterocycles. The second-order valence-corrected chi connectivity index (χ2v) is 4.65. The van der Waals surface area contributed by atoms with Gasteiger partial charge >= 0.3 is 11.9 Å². The van der Waals surface area contributed by atoms with Gasteiger partial charge in [0, 0.05) is 29.9 Å². The molecule has 7 heteroatoms. The van der Waals surface area contributed by atoms with E-state index in [-0.39, 0.29) is 12.4 Å². The Bertz CT molecular complexity index is 612. The van der Waals surface area contributed by atoms with Crippen molar-refractivity contribution in [3.63, 3.8) is 0 Å². The maximum Gasteiger partial charge on any atom is 0.320 e. The molecule has 1 atom stereocenters. The van der Waals surface area contributed by atoms with Crippen LogP contribution in [0.1, 0.15) is 25.3 Å². The van der Waals surface area contributed by atoms with E-state index in [0.29, 0.717) is 12.8 Å². The predicted molar refractivity (Wildman–Crippen MR) is 87.4 cm³/mol. The molecule has 0 bridgehead atoms. The number of benzene rings is 1. The van der Waals surface area contributed by atoms with Crippen molar-refractivity contribution in [2.45, 2.75) is 32.2 Å². The number of nitrogens with two attached hydrogens (primary N) is 1. The number of aliphatic carboxylic acids is 2. The SMILES string of the molecule is CCCC(=O)O.Cl.NC(Cc1c[nH]c2ccccc12)C(=O)O.